The average Bonchev–Trinajstić information content (AvgIpc) is 3.38. The summed E-state index contributed by atoms with van der Waals surface area (Å²) >= 11 is 0. The summed E-state index contributed by atoms with van der Waals surface area (Å²) in [6, 6.07) is 10.2. The Balaban J connectivity index is 1.64. The fourth-order valence-corrected chi connectivity index (χ4v) is 3.96. The van der Waals surface area contributed by atoms with Crippen molar-refractivity contribution in [1.82, 2.24) is 15.3 Å². The molecule has 2 aromatic rings. The second-order valence-corrected chi connectivity index (χ2v) is 7.56. The molecule has 4 rings (SSSR count). The van der Waals surface area contributed by atoms with E-state index in [-0.39, 0.29) is 11.9 Å². The largest absolute Gasteiger partial charge is 0.339 e. The van der Waals surface area contributed by atoms with Gasteiger partial charge in [-0.25, -0.2) is 9.97 Å². The van der Waals surface area contributed by atoms with Crippen molar-refractivity contribution in [3.8, 4) is 6.07 Å². The molecule has 0 aliphatic carbocycles. The van der Waals surface area contributed by atoms with Gasteiger partial charge in [0.25, 0.3) is 0 Å². The predicted octanol–water partition coefficient (Wildman–Crippen LogP) is 2.87. The highest BCUT2D eigenvalue weighted by molar-refractivity contribution is 5.92. The topological polar surface area (TPSA) is 106 Å². The van der Waals surface area contributed by atoms with Crippen LogP contribution in [0, 0.1) is 24.2 Å². The number of hydrogen-bond acceptors (Lipinski definition) is 7. The van der Waals surface area contributed by atoms with E-state index >= 15 is 0 Å². The number of carbonyl (C=O) groups excluding carboxylic acids is 1. The Morgan fingerprint density at radius 3 is 2.97 bits per heavy atom. The predicted molar refractivity (Wildman–Crippen MR) is 117 cm³/mol. The molecule has 1 aromatic heterocycles. The minimum Gasteiger partial charge on any atom is -0.339 e. The number of rotatable bonds is 5. The fourth-order valence-electron chi connectivity index (χ4n) is 3.96. The monoisotopic (exact) mass is 403 g/mol. The van der Waals surface area contributed by atoms with Crippen LogP contribution in [-0.4, -0.2) is 35.5 Å². The number of fused-ring (bicyclic) bond motifs is 1. The van der Waals surface area contributed by atoms with E-state index in [1.807, 2.05) is 38.1 Å². The molecule has 0 radical (unpaired) electrons. The standard InChI is InChI=1S/C22H25N7O/c1-3-29-18-7-5-4-6-17(18)26-21(29)16(11-23)20-14(2)12-25-22(28-20)27-19(30)10-15-8-9-24-13-15/h4-7,12,15,24,26H,3,8-10,13H2,1-2H3,(H,25,27,28,30)/b21-16+. The molecule has 0 bridgehead atoms. The van der Waals surface area contributed by atoms with Crippen LogP contribution in [0.1, 0.15) is 31.0 Å². The van der Waals surface area contributed by atoms with Crippen LogP contribution in [0.15, 0.2) is 36.3 Å². The Hall–Kier alpha value is -3.44. The molecule has 0 spiro atoms. The normalized spacial score (nSPS) is 19.1. The summed E-state index contributed by atoms with van der Waals surface area (Å²) in [4.78, 5) is 23.2. The van der Waals surface area contributed by atoms with Gasteiger partial charge in [-0.1, -0.05) is 12.1 Å². The number of allylic oxidation sites excluding steroid dienone is 1. The number of amides is 1. The first-order valence-electron chi connectivity index (χ1n) is 10.2. The Morgan fingerprint density at radius 1 is 1.40 bits per heavy atom. The van der Waals surface area contributed by atoms with Gasteiger partial charge in [-0.15, -0.1) is 0 Å². The van der Waals surface area contributed by atoms with Crippen LogP contribution < -0.4 is 20.9 Å². The molecular weight excluding hydrogens is 378 g/mol. The van der Waals surface area contributed by atoms with E-state index < -0.39 is 0 Å². The molecule has 1 fully saturated rings. The van der Waals surface area contributed by atoms with Crippen LogP contribution in [0.2, 0.25) is 0 Å². The molecule has 1 amide bonds. The number of benzene rings is 1. The summed E-state index contributed by atoms with van der Waals surface area (Å²) < 4.78 is 0. The molecule has 2 aliphatic heterocycles. The number of carbonyl (C=O) groups is 1. The van der Waals surface area contributed by atoms with Gasteiger partial charge in [-0.3, -0.25) is 10.1 Å². The SMILES string of the molecule is CCN1/C(=C(\C#N)c2nc(NC(=O)CC3CCNC3)ncc2C)Nc2ccccc21. The van der Waals surface area contributed by atoms with E-state index in [4.69, 9.17) is 0 Å². The zero-order chi connectivity index (χ0) is 21.1. The van der Waals surface area contributed by atoms with Gasteiger partial charge in [0.15, 0.2) is 0 Å². The van der Waals surface area contributed by atoms with Gasteiger partial charge < -0.3 is 15.5 Å². The third-order valence-corrected chi connectivity index (χ3v) is 5.48. The minimum atomic E-state index is -0.105. The van der Waals surface area contributed by atoms with Crippen molar-refractivity contribution < 1.29 is 4.79 Å². The summed E-state index contributed by atoms with van der Waals surface area (Å²) in [5.74, 6) is 1.15. The van der Waals surface area contributed by atoms with Crippen LogP contribution in [0.25, 0.3) is 5.57 Å². The molecule has 0 saturated carbocycles. The first-order chi connectivity index (χ1) is 14.6. The molecular formula is C22H25N7O. The van der Waals surface area contributed by atoms with E-state index in [2.05, 4.69) is 36.9 Å². The van der Waals surface area contributed by atoms with Crippen molar-refractivity contribution in [3.05, 3.63) is 47.5 Å². The van der Waals surface area contributed by atoms with Crippen molar-refractivity contribution in [1.29, 1.82) is 5.26 Å². The van der Waals surface area contributed by atoms with Gasteiger partial charge in [0.2, 0.25) is 11.9 Å². The Morgan fingerprint density at radius 2 is 2.23 bits per heavy atom. The first kappa shape index (κ1) is 19.9. The number of nitriles is 1. The van der Waals surface area contributed by atoms with E-state index in [1.165, 1.54) is 0 Å². The van der Waals surface area contributed by atoms with Crippen LogP contribution in [0.5, 0.6) is 0 Å². The Bertz CT molecular complexity index is 1030. The molecule has 8 heteroatoms. The summed E-state index contributed by atoms with van der Waals surface area (Å²) in [6.07, 6.45) is 3.08. The van der Waals surface area contributed by atoms with Crippen molar-refractivity contribution in [2.75, 3.05) is 35.2 Å². The van der Waals surface area contributed by atoms with E-state index in [0.717, 1.165) is 36.4 Å². The number of aromatic nitrogens is 2. The van der Waals surface area contributed by atoms with E-state index in [9.17, 15) is 10.1 Å². The number of anilines is 3. The lowest BCUT2D eigenvalue weighted by Crippen LogP contribution is -2.22. The number of nitrogens with zero attached hydrogens (tertiary/aromatic N) is 4. The first-order valence-corrected chi connectivity index (χ1v) is 10.2. The molecule has 1 atom stereocenters. The molecule has 2 aliphatic rings. The smallest absolute Gasteiger partial charge is 0.229 e. The summed E-state index contributed by atoms with van der Waals surface area (Å²) in [5, 5.41) is 19.4. The van der Waals surface area contributed by atoms with Gasteiger partial charge in [0.05, 0.1) is 17.1 Å². The van der Waals surface area contributed by atoms with E-state index in [0.29, 0.717) is 36.0 Å². The third-order valence-electron chi connectivity index (χ3n) is 5.48. The van der Waals surface area contributed by atoms with Crippen molar-refractivity contribution in [3.63, 3.8) is 0 Å². The zero-order valence-electron chi connectivity index (χ0n) is 17.2. The molecule has 154 valence electrons. The number of nitrogens with one attached hydrogen (secondary N) is 3. The fraction of sp³-hybridized carbons (Fsp3) is 0.364. The summed E-state index contributed by atoms with van der Waals surface area (Å²) in [7, 11) is 0. The highest BCUT2D eigenvalue weighted by Gasteiger charge is 2.27. The number of hydrogen-bond donors (Lipinski definition) is 3. The number of aryl methyl sites for hydroxylation is 1. The van der Waals surface area contributed by atoms with Crippen molar-refractivity contribution in [2.24, 2.45) is 5.92 Å². The molecule has 3 heterocycles. The van der Waals surface area contributed by atoms with Crippen molar-refractivity contribution in [2.45, 2.75) is 26.7 Å². The molecule has 1 saturated heterocycles. The molecule has 8 nitrogen and oxygen atoms in total. The average molecular weight is 403 g/mol. The summed E-state index contributed by atoms with van der Waals surface area (Å²) in [6.45, 7) is 6.41. The lowest BCUT2D eigenvalue weighted by molar-refractivity contribution is -0.117. The van der Waals surface area contributed by atoms with Crippen molar-refractivity contribution >= 4 is 28.8 Å². The third kappa shape index (κ3) is 3.84. The lowest BCUT2D eigenvalue weighted by Gasteiger charge is -2.19. The zero-order valence-corrected chi connectivity index (χ0v) is 17.2. The van der Waals surface area contributed by atoms with Crippen LogP contribution in [0.4, 0.5) is 17.3 Å². The number of para-hydroxylation sites is 2. The second kappa shape index (κ2) is 8.51. The molecule has 1 unspecified atom stereocenters. The minimum absolute atomic E-state index is 0.105. The van der Waals surface area contributed by atoms with Gasteiger partial charge in [-0.05, 0) is 57.0 Å². The highest BCUT2D eigenvalue weighted by atomic mass is 16.1. The Labute approximate surface area is 176 Å². The maximum Gasteiger partial charge on any atom is 0.229 e. The maximum atomic E-state index is 12.4. The quantitative estimate of drug-likeness (QED) is 0.659. The highest BCUT2D eigenvalue weighted by Crippen LogP contribution is 2.38. The van der Waals surface area contributed by atoms with Crippen LogP contribution >= 0.6 is 0 Å². The van der Waals surface area contributed by atoms with Gasteiger partial charge in [0, 0.05) is 19.2 Å². The maximum absolute atomic E-state index is 12.4. The van der Waals surface area contributed by atoms with Gasteiger partial charge in [-0.2, -0.15) is 5.26 Å². The van der Waals surface area contributed by atoms with Crippen LogP contribution in [0.3, 0.4) is 0 Å². The Kier molecular flexibility index (Phi) is 5.63. The molecule has 1 aromatic carbocycles. The molecule has 3 N–H and O–H groups in total. The van der Waals surface area contributed by atoms with Crippen LogP contribution in [-0.2, 0) is 4.79 Å². The van der Waals surface area contributed by atoms with Gasteiger partial charge >= 0.3 is 0 Å². The van der Waals surface area contributed by atoms with E-state index in [1.54, 1.807) is 6.20 Å². The molecule has 30 heavy (non-hydrogen) atoms. The summed E-state index contributed by atoms with van der Waals surface area (Å²) in [5.41, 5.74) is 3.68. The second-order valence-electron chi connectivity index (χ2n) is 7.56. The lowest BCUT2D eigenvalue weighted by atomic mass is 10.0. The van der Waals surface area contributed by atoms with Gasteiger partial charge in [0.1, 0.15) is 17.5 Å².